The molecule has 0 aliphatic carbocycles. The van der Waals surface area contributed by atoms with Gasteiger partial charge in [0.05, 0.1) is 29.8 Å². The van der Waals surface area contributed by atoms with Crippen molar-refractivity contribution < 1.29 is 37.3 Å². The fourth-order valence-corrected chi connectivity index (χ4v) is 5.77. The first-order valence-electron chi connectivity index (χ1n) is 14.4. The smallest absolute Gasteiger partial charge is 0.475 e. The average molecular weight is 615 g/mol. The van der Waals surface area contributed by atoms with Crippen molar-refractivity contribution in [1.29, 1.82) is 0 Å². The predicted molar refractivity (Wildman–Crippen MR) is 157 cm³/mol. The molecule has 13 heteroatoms. The van der Waals surface area contributed by atoms with Crippen molar-refractivity contribution in [2.24, 2.45) is 5.92 Å². The van der Waals surface area contributed by atoms with Crippen LogP contribution in [0, 0.1) is 5.92 Å². The van der Waals surface area contributed by atoms with Crippen LogP contribution < -0.4 is 10.9 Å². The van der Waals surface area contributed by atoms with E-state index >= 15 is 0 Å². The van der Waals surface area contributed by atoms with Crippen LogP contribution in [-0.4, -0.2) is 70.2 Å². The third-order valence-corrected chi connectivity index (χ3v) is 7.92. The van der Waals surface area contributed by atoms with Gasteiger partial charge in [0.25, 0.3) is 5.56 Å². The van der Waals surface area contributed by atoms with Crippen molar-refractivity contribution in [2.75, 3.05) is 26.8 Å². The summed E-state index contributed by atoms with van der Waals surface area (Å²) in [7, 11) is 1.36. The topological polar surface area (TPSA) is 125 Å². The molecule has 2 unspecified atom stereocenters. The van der Waals surface area contributed by atoms with E-state index in [9.17, 15) is 22.8 Å². The SMILES string of the molecule is COC(=O)c1ccc2nc(-c3cn(CC4CCCO4)c4ccccc34)c(=O)n(CC3CCCNC3)c2c1.O=C(O)C(F)(F)F. The number of benzene rings is 2. The molecule has 0 spiro atoms. The molecule has 2 N–H and O–H groups in total. The summed E-state index contributed by atoms with van der Waals surface area (Å²) in [6.45, 7) is 3.99. The lowest BCUT2D eigenvalue weighted by atomic mass is 9.99. The molecule has 2 saturated heterocycles. The van der Waals surface area contributed by atoms with E-state index < -0.39 is 18.1 Å². The molecule has 0 radical (unpaired) electrons. The first kappa shape index (κ1) is 31.2. The lowest BCUT2D eigenvalue weighted by molar-refractivity contribution is -0.192. The molecule has 2 aromatic heterocycles. The quantitative estimate of drug-likeness (QED) is 0.302. The Labute approximate surface area is 250 Å². The normalized spacial score (nSPS) is 18.6. The van der Waals surface area contributed by atoms with Crippen LogP contribution in [0.4, 0.5) is 13.2 Å². The van der Waals surface area contributed by atoms with E-state index in [1.807, 2.05) is 22.8 Å². The van der Waals surface area contributed by atoms with Crippen LogP contribution in [0.5, 0.6) is 0 Å². The van der Waals surface area contributed by atoms with Gasteiger partial charge < -0.3 is 29.0 Å². The van der Waals surface area contributed by atoms with Gasteiger partial charge >= 0.3 is 18.1 Å². The Morgan fingerprint density at radius 1 is 1.11 bits per heavy atom. The third-order valence-electron chi connectivity index (χ3n) is 7.92. The maximum atomic E-state index is 14.1. The van der Waals surface area contributed by atoms with Crippen molar-refractivity contribution in [3.05, 3.63) is 64.6 Å². The van der Waals surface area contributed by atoms with Crippen LogP contribution in [0.15, 0.2) is 53.5 Å². The number of alkyl halides is 3. The molecule has 234 valence electrons. The van der Waals surface area contributed by atoms with Crippen molar-refractivity contribution in [3.8, 4) is 11.3 Å². The Bertz CT molecular complexity index is 1720. The standard InChI is InChI=1S/C29H32N4O4.C2HF3O2/c1-36-29(35)20-10-11-24-26(14-20)33(16-19-6-4-12-30-15-19)28(34)27(31-24)23-18-32(17-21-7-5-13-37-21)25-9-3-2-8-22(23)25;3-2(4,5)1(6)7/h2-3,8-11,14,18-19,21,30H,4-7,12-13,15-17H2,1H3;(H,6,7). The number of carboxylic acid groups (broad SMARTS) is 1. The fraction of sp³-hybridized carbons (Fsp3) is 0.419. The Kier molecular flexibility index (Phi) is 9.35. The summed E-state index contributed by atoms with van der Waals surface area (Å²) in [6, 6.07) is 13.4. The third kappa shape index (κ3) is 6.78. The summed E-state index contributed by atoms with van der Waals surface area (Å²) in [5.41, 5.74) is 3.94. The zero-order valence-corrected chi connectivity index (χ0v) is 24.1. The van der Waals surface area contributed by atoms with E-state index in [4.69, 9.17) is 24.4 Å². The molecule has 44 heavy (non-hydrogen) atoms. The van der Waals surface area contributed by atoms with Crippen molar-refractivity contribution in [3.63, 3.8) is 0 Å². The van der Waals surface area contributed by atoms with Gasteiger partial charge in [0.1, 0.15) is 5.69 Å². The average Bonchev–Trinajstić information content (AvgIpc) is 3.66. The number of nitrogens with zero attached hydrogens (tertiary/aromatic N) is 3. The summed E-state index contributed by atoms with van der Waals surface area (Å²) < 4.78 is 46.6. The lowest BCUT2D eigenvalue weighted by Gasteiger charge is -2.24. The number of para-hydroxylation sites is 1. The minimum atomic E-state index is -5.08. The van der Waals surface area contributed by atoms with Crippen LogP contribution in [-0.2, 0) is 27.4 Å². The molecular weight excluding hydrogens is 581 g/mol. The number of rotatable bonds is 6. The molecule has 2 aliphatic rings. The number of aromatic nitrogens is 3. The maximum Gasteiger partial charge on any atom is 0.490 e. The van der Waals surface area contributed by atoms with Gasteiger partial charge in [-0.15, -0.1) is 0 Å². The molecule has 2 fully saturated rings. The minimum absolute atomic E-state index is 0.139. The second-order valence-corrected chi connectivity index (χ2v) is 10.9. The molecule has 10 nitrogen and oxygen atoms in total. The number of carbonyl (C=O) groups excluding carboxylic acids is 1. The highest BCUT2D eigenvalue weighted by atomic mass is 19.4. The number of hydrogen-bond acceptors (Lipinski definition) is 7. The highest BCUT2D eigenvalue weighted by Crippen LogP contribution is 2.31. The van der Waals surface area contributed by atoms with Crippen LogP contribution in [0.25, 0.3) is 33.2 Å². The van der Waals surface area contributed by atoms with Crippen LogP contribution in [0.2, 0.25) is 0 Å². The number of carbonyl (C=O) groups is 2. The van der Waals surface area contributed by atoms with Gasteiger partial charge in [-0.2, -0.15) is 13.2 Å². The Morgan fingerprint density at radius 2 is 1.89 bits per heavy atom. The number of halogens is 3. The summed E-state index contributed by atoms with van der Waals surface area (Å²) in [5.74, 6) is -2.86. The van der Waals surface area contributed by atoms with Crippen LogP contribution in [0.3, 0.4) is 0 Å². The number of piperidine rings is 1. The molecule has 4 aromatic rings. The second kappa shape index (κ2) is 13.2. The van der Waals surface area contributed by atoms with Gasteiger partial charge in [-0.05, 0) is 69.0 Å². The molecule has 6 rings (SSSR count). The molecule has 4 heterocycles. The zero-order valence-electron chi connectivity index (χ0n) is 24.1. The molecule has 0 saturated carbocycles. The van der Waals surface area contributed by atoms with Crippen molar-refractivity contribution in [2.45, 2.75) is 51.1 Å². The largest absolute Gasteiger partial charge is 0.490 e. The molecule has 0 amide bonds. The number of hydrogen-bond donors (Lipinski definition) is 2. The summed E-state index contributed by atoms with van der Waals surface area (Å²) in [5, 5.41) is 11.6. The highest BCUT2D eigenvalue weighted by Gasteiger charge is 2.38. The molecule has 2 aromatic carbocycles. The fourth-order valence-electron chi connectivity index (χ4n) is 5.77. The lowest BCUT2D eigenvalue weighted by Crippen LogP contribution is -2.35. The first-order valence-corrected chi connectivity index (χ1v) is 14.4. The highest BCUT2D eigenvalue weighted by molar-refractivity contribution is 5.97. The number of ether oxygens (including phenoxy) is 2. The summed E-state index contributed by atoms with van der Waals surface area (Å²) in [4.78, 5) is 40.2. The second-order valence-electron chi connectivity index (χ2n) is 10.9. The number of esters is 1. The zero-order chi connectivity index (χ0) is 31.4. The van der Waals surface area contributed by atoms with E-state index in [0.29, 0.717) is 34.8 Å². The minimum Gasteiger partial charge on any atom is -0.475 e. The van der Waals surface area contributed by atoms with Gasteiger partial charge in [-0.25, -0.2) is 14.6 Å². The van der Waals surface area contributed by atoms with E-state index in [0.717, 1.165) is 68.4 Å². The molecule has 0 bridgehead atoms. The van der Waals surface area contributed by atoms with Crippen LogP contribution in [0.1, 0.15) is 36.0 Å². The van der Waals surface area contributed by atoms with Gasteiger partial charge in [0, 0.05) is 42.4 Å². The van der Waals surface area contributed by atoms with Crippen molar-refractivity contribution in [1.82, 2.24) is 19.4 Å². The molecule has 2 aliphatic heterocycles. The summed E-state index contributed by atoms with van der Waals surface area (Å²) in [6.07, 6.45) is 1.41. The van der Waals surface area contributed by atoms with Gasteiger partial charge in [-0.3, -0.25) is 4.79 Å². The number of carboxylic acids is 1. The first-order chi connectivity index (χ1) is 21.1. The van der Waals surface area contributed by atoms with E-state index in [2.05, 4.69) is 28.2 Å². The molecule has 2 atom stereocenters. The maximum absolute atomic E-state index is 14.1. The number of nitrogens with one attached hydrogen (secondary N) is 1. The Balaban J connectivity index is 0.000000493. The Hall–Kier alpha value is -4.23. The van der Waals surface area contributed by atoms with E-state index in [-0.39, 0.29) is 11.7 Å². The van der Waals surface area contributed by atoms with Gasteiger partial charge in [0.15, 0.2) is 0 Å². The van der Waals surface area contributed by atoms with Gasteiger partial charge in [-0.1, -0.05) is 18.2 Å². The van der Waals surface area contributed by atoms with E-state index in [1.54, 1.807) is 12.1 Å². The monoisotopic (exact) mass is 614 g/mol. The molecular formula is C31H33F3N4O6. The van der Waals surface area contributed by atoms with E-state index in [1.165, 1.54) is 7.11 Å². The van der Waals surface area contributed by atoms with Crippen molar-refractivity contribution >= 4 is 33.9 Å². The predicted octanol–water partition coefficient (Wildman–Crippen LogP) is 4.62. The number of methoxy groups -OCH3 is 1. The number of aliphatic carboxylic acids is 1. The van der Waals surface area contributed by atoms with Gasteiger partial charge in [0.2, 0.25) is 0 Å². The summed E-state index contributed by atoms with van der Waals surface area (Å²) >= 11 is 0. The number of fused-ring (bicyclic) bond motifs is 2. The Morgan fingerprint density at radius 3 is 2.55 bits per heavy atom. The van der Waals surface area contributed by atoms with Crippen LogP contribution >= 0.6 is 0 Å².